The second kappa shape index (κ2) is 7.86. The van der Waals surface area contributed by atoms with Crippen LogP contribution in [0.4, 0.5) is 0 Å². The largest absolute Gasteiger partial charge is 0.496 e. The van der Waals surface area contributed by atoms with E-state index in [1.54, 1.807) is 28.4 Å². The van der Waals surface area contributed by atoms with Gasteiger partial charge >= 0.3 is 0 Å². The van der Waals surface area contributed by atoms with Gasteiger partial charge in [0, 0.05) is 28.2 Å². The molecule has 0 amide bonds. The molecular formula is C25H30O5. The van der Waals surface area contributed by atoms with Gasteiger partial charge in [-0.3, -0.25) is 4.79 Å². The van der Waals surface area contributed by atoms with E-state index in [1.807, 2.05) is 24.3 Å². The Balaban J connectivity index is 2.05. The van der Waals surface area contributed by atoms with Gasteiger partial charge in [-0.2, -0.15) is 0 Å². The first-order valence-corrected chi connectivity index (χ1v) is 10.6. The first-order valence-electron chi connectivity index (χ1n) is 10.6. The minimum Gasteiger partial charge on any atom is -0.496 e. The van der Waals surface area contributed by atoms with Crippen molar-refractivity contribution in [1.82, 2.24) is 0 Å². The normalized spacial score (nSPS) is 21.9. The van der Waals surface area contributed by atoms with Crippen molar-refractivity contribution in [3.63, 3.8) is 0 Å². The Labute approximate surface area is 178 Å². The van der Waals surface area contributed by atoms with Crippen LogP contribution in [0.1, 0.15) is 42.0 Å². The number of rotatable bonds is 6. The van der Waals surface area contributed by atoms with Gasteiger partial charge in [-0.05, 0) is 49.9 Å². The molecule has 2 aliphatic carbocycles. The predicted molar refractivity (Wildman–Crippen MR) is 115 cm³/mol. The van der Waals surface area contributed by atoms with Crippen molar-refractivity contribution >= 4 is 5.78 Å². The Morgan fingerprint density at radius 2 is 1.30 bits per heavy atom. The molecule has 0 heterocycles. The molecule has 0 saturated carbocycles. The molecular weight excluding hydrogens is 380 g/mol. The molecule has 5 heteroatoms. The quantitative estimate of drug-likeness (QED) is 0.711. The lowest BCUT2D eigenvalue weighted by molar-refractivity contribution is -0.129. The highest BCUT2D eigenvalue weighted by Crippen LogP contribution is 2.54. The molecule has 0 radical (unpaired) electrons. The number of ketones is 1. The summed E-state index contributed by atoms with van der Waals surface area (Å²) >= 11 is 0. The molecule has 2 atom stereocenters. The number of methoxy groups -OCH3 is 4. The first-order chi connectivity index (χ1) is 14.5. The van der Waals surface area contributed by atoms with Crippen LogP contribution >= 0.6 is 0 Å². The fraction of sp³-hybridized carbons (Fsp3) is 0.480. The van der Waals surface area contributed by atoms with Crippen LogP contribution in [-0.4, -0.2) is 34.2 Å². The van der Waals surface area contributed by atoms with Crippen molar-refractivity contribution in [2.45, 2.75) is 44.4 Å². The van der Waals surface area contributed by atoms with Crippen molar-refractivity contribution in [1.29, 1.82) is 0 Å². The Morgan fingerprint density at radius 1 is 0.800 bits per heavy atom. The summed E-state index contributed by atoms with van der Waals surface area (Å²) in [6, 6.07) is 7.77. The number of hydrogen-bond acceptors (Lipinski definition) is 5. The zero-order valence-electron chi connectivity index (χ0n) is 18.5. The van der Waals surface area contributed by atoms with Crippen LogP contribution < -0.4 is 18.9 Å². The van der Waals surface area contributed by atoms with Gasteiger partial charge in [0.25, 0.3) is 0 Å². The van der Waals surface area contributed by atoms with Gasteiger partial charge in [-0.1, -0.05) is 13.3 Å². The molecule has 2 aromatic rings. The summed E-state index contributed by atoms with van der Waals surface area (Å²) in [7, 11) is 6.73. The van der Waals surface area contributed by atoms with Crippen LogP contribution in [0.3, 0.4) is 0 Å². The number of fused-ring (bicyclic) bond motifs is 5. The maximum atomic E-state index is 14.1. The van der Waals surface area contributed by atoms with E-state index in [4.69, 9.17) is 18.9 Å². The summed E-state index contributed by atoms with van der Waals surface area (Å²) in [6.07, 6.45) is 3.49. The van der Waals surface area contributed by atoms with E-state index in [1.165, 1.54) is 0 Å². The van der Waals surface area contributed by atoms with Crippen molar-refractivity contribution in [3.8, 4) is 23.0 Å². The average molecular weight is 411 g/mol. The van der Waals surface area contributed by atoms with Crippen LogP contribution in [0.15, 0.2) is 24.3 Å². The predicted octanol–water partition coefficient (Wildman–Crippen LogP) is 4.30. The highest BCUT2D eigenvalue weighted by Gasteiger charge is 2.52. The maximum Gasteiger partial charge on any atom is 0.147 e. The number of ether oxygens (including phenoxy) is 4. The van der Waals surface area contributed by atoms with Crippen LogP contribution in [-0.2, 0) is 29.5 Å². The highest BCUT2D eigenvalue weighted by atomic mass is 16.5. The lowest BCUT2D eigenvalue weighted by Gasteiger charge is -2.41. The van der Waals surface area contributed by atoms with Crippen molar-refractivity contribution < 1.29 is 23.7 Å². The molecule has 2 unspecified atom stereocenters. The fourth-order valence-corrected chi connectivity index (χ4v) is 5.65. The number of benzene rings is 2. The van der Waals surface area contributed by atoms with Crippen molar-refractivity contribution in [2.75, 3.05) is 28.4 Å². The van der Waals surface area contributed by atoms with Crippen LogP contribution in [0.5, 0.6) is 23.0 Å². The number of carbonyl (C=O) groups is 1. The molecule has 0 spiro atoms. The van der Waals surface area contributed by atoms with E-state index in [0.717, 1.165) is 58.1 Å². The average Bonchev–Trinajstić information content (AvgIpc) is 2.83. The molecule has 4 rings (SSSR count). The standard InChI is InChI=1S/C25H30O5/c1-6-11-25-14-18-16(19(27-2)7-8-21(18)29-4)12-15(24(25)26)13-17-20(28-3)9-10-22(30-5)23(17)25/h7-10,15H,6,11-14H2,1-5H3. The second-order valence-corrected chi connectivity index (χ2v) is 8.23. The summed E-state index contributed by atoms with van der Waals surface area (Å²) in [5, 5.41) is 0. The smallest absolute Gasteiger partial charge is 0.147 e. The first kappa shape index (κ1) is 20.6. The summed E-state index contributed by atoms with van der Waals surface area (Å²) < 4.78 is 23.0. The molecule has 0 saturated heterocycles. The molecule has 0 fully saturated rings. The molecule has 0 aliphatic heterocycles. The molecule has 2 aliphatic rings. The molecule has 5 nitrogen and oxygen atoms in total. The van der Waals surface area contributed by atoms with E-state index in [0.29, 0.717) is 25.0 Å². The van der Waals surface area contributed by atoms with Gasteiger partial charge in [0.15, 0.2) is 0 Å². The third kappa shape index (κ3) is 2.86. The number of hydrogen-bond donors (Lipinski definition) is 0. The zero-order valence-corrected chi connectivity index (χ0v) is 18.5. The monoisotopic (exact) mass is 410 g/mol. The summed E-state index contributed by atoms with van der Waals surface area (Å²) in [4.78, 5) is 14.1. The van der Waals surface area contributed by atoms with Gasteiger partial charge < -0.3 is 18.9 Å². The molecule has 160 valence electrons. The molecule has 2 bridgehead atoms. The third-order valence-corrected chi connectivity index (χ3v) is 6.83. The lowest BCUT2D eigenvalue weighted by atomic mass is 9.61. The Kier molecular flexibility index (Phi) is 5.39. The molecule has 0 N–H and O–H groups in total. The number of Topliss-reactive ketones (excluding diaryl/α,β-unsaturated/α-hetero) is 1. The zero-order chi connectivity index (χ0) is 21.5. The molecule has 30 heavy (non-hydrogen) atoms. The van der Waals surface area contributed by atoms with E-state index in [2.05, 4.69) is 6.92 Å². The van der Waals surface area contributed by atoms with Gasteiger partial charge in [-0.15, -0.1) is 0 Å². The fourth-order valence-electron chi connectivity index (χ4n) is 5.65. The van der Waals surface area contributed by atoms with Crippen molar-refractivity contribution in [2.24, 2.45) is 5.92 Å². The summed E-state index contributed by atoms with van der Waals surface area (Å²) in [5.74, 6) is 3.38. The SMILES string of the molecule is CCCC12Cc3c(OC)ccc(OC)c3CC(Cc3c(OC)ccc(OC)c31)C2=O. The van der Waals surface area contributed by atoms with Crippen LogP contribution in [0.2, 0.25) is 0 Å². The van der Waals surface area contributed by atoms with E-state index in [9.17, 15) is 4.79 Å². The summed E-state index contributed by atoms with van der Waals surface area (Å²) in [6.45, 7) is 2.13. The van der Waals surface area contributed by atoms with Crippen LogP contribution in [0, 0.1) is 5.92 Å². The third-order valence-electron chi connectivity index (χ3n) is 6.83. The van der Waals surface area contributed by atoms with Gasteiger partial charge in [0.2, 0.25) is 0 Å². The van der Waals surface area contributed by atoms with Gasteiger partial charge in [-0.25, -0.2) is 0 Å². The van der Waals surface area contributed by atoms with Gasteiger partial charge in [0.05, 0.1) is 33.9 Å². The van der Waals surface area contributed by atoms with E-state index < -0.39 is 5.41 Å². The second-order valence-electron chi connectivity index (χ2n) is 8.23. The molecule has 0 aromatic heterocycles. The van der Waals surface area contributed by atoms with E-state index in [-0.39, 0.29) is 5.92 Å². The Hall–Kier alpha value is -2.69. The minimum absolute atomic E-state index is 0.132. The van der Waals surface area contributed by atoms with Crippen molar-refractivity contribution in [3.05, 3.63) is 46.5 Å². The number of carbonyl (C=O) groups excluding carboxylic acids is 1. The maximum absolute atomic E-state index is 14.1. The van der Waals surface area contributed by atoms with Gasteiger partial charge in [0.1, 0.15) is 28.8 Å². The lowest BCUT2D eigenvalue weighted by Crippen LogP contribution is -2.46. The van der Waals surface area contributed by atoms with E-state index >= 15 is 0 Å². The Morgan fingerprint density at radius 3 is 1.87 bits per heavy atom. The molecule has 2 aromatic carbocycles. The van der Waals surface area contributed by atoms with Crippen LogP contribution in [0.25, 0.3) is 0 Å². The summed E-state index contributed by atoms with van der Waals surface area (Å²) in [5.41, 5.74) is 3.57. The minimum atomic E-state index is -0.669. The Bertz CT molecular complexity index is 980. The highest BCUT2D eigenvalue weighted by molar-refractivity contribution is 5.97. The topological polar surface area (TPSA) is 54.0 Å².